The Morgan fingerprint density at radius 2 is 1.65 bits per heavy atom. The van der Waals surface area contributed by atoms with E-state index in [1.54, 1.807) is 50.2 Å². The molecule has 2 aliphatic heterocycles. The Balaban J connectivity index is 1.52. The highest BCUT2D eigenvalue weighted by Crippen LogP contribution is 2.48. The molecule has 5 atom stereocenters. The van der Waals surface area contributed by atoms with E-state index < -0.39 is 41.7 Å². The fraction of sp³-hybridized carbons (Fsp3) is 0.618. The maximum Gasteiger partial charge on any atom is 0.367 e. The lowest BCUT2D eigenvalue weighted by Gasteiger charge is -2.30. The van der Waals surface area contributed by atoms with Crippen LogP contribution in [-0.2, 0) is 49.1 Å². The van der Waals surface area contributed by atoms with Gasteiger partial charge in [-0.1, -0.05) is 26.0 Å². The first-order valence-electron chi connectivity index (χ1n) is 16.7. The Hall–Kier alpha value is -2.55. The molecule has 2 aromatic rings. The molecule has 0 spiro atoms. The highest BCUT2D eigenvalue weighted by Gasteiger charge is 2.44. The number of fused-ring (bicyclic) bond motifs is 1. The topological polar surface area (TPSA) is 156 Å². The first-order valence-corrected chi connectivity index (χ1v) is 19.9. The highest BCUT2D eigenvalue weighted by atomic mass is 32.2. The zero-order chi connectivity index (χ0) is 35.6. The molecule has 0 saturated carbocycles. The fourth-order valence-corrected chi connectivity index (χ4v) is 8.88. The lowest BCUT2D eigenvalue weighted by Crippen LogP contribution is -2.43. The number of rotatable bonds is 20. The van der Waals surface area contributed by atoms with Crippen molar-refractivity contribution in [2.24, 2.45) is 17.8 Å². The number of carbonyl (C=O) groups excluding carboxylic acids is 1. The summed E-state index contributed by atoms with van der Waals surface area (Å²) in [6.07, 6.45) is -1.51. The summed E-state index contributed by atoms with van der Waals surface area (Å²) in [5.74, 6) is -0.346. The molecule has 15 heteroatoms. The predicted octanol–water partition coefficient (Wildman–Crippen LogP) is 4.86. The predicted molar refractivity (Wildman–Crippen MR) is 181 cm³/mol. The van der Waals surface area contributed by atoms with Gasteiger partial charge in [-0.15, -0.1) is 0 Å². The van der Waals surface area contributed by atoms with Gasteiger partial charge in [-0.25, -0.2) is 8.42 Å². The third kappa shape index (κ3) is 11.0. The van der Waals surface area contributed by atoms with E-state index in [9.17, 15) is 22.9 Å². The molecule has 4 rings (SSSR count). The number of sulfonamides is 1. The maximum atomic E-state index is 13.8. The average Bonchev–Trinajstić information content (AvgIpc) is 3.69. The van der Waals surface area contributed by atoms with Gasteiger partial charge in [0.2, 0.25) is 10.0 Å². The average molecular weight is 728 g/mol. The van der Waals surface area contributed by atoms with E-state index in [4.69, 9.17) is 32.7 Å². The van der Waals surface area contributed by atoms with Crippen molar-refractivity contribution in [3.8, 4) is 11.5 Å². The van der Waals surface area contributed by atoms with Crippen molar-refractivity contribution in [3.05, 3.63) is 54.1 Å². The molecule has 2 aliphatic rings. The molecule has 0 radical (unpaired) electrons. The van der Waals surface area contributed by atoms with Gasteiger partial charge in [0, 0.05) is 19.0 Å². The standard InChI is InChI=1S/C34H50NO12PS/c1-6-45-48(38,46-7-2)23-44-28-10-8-25(9-11-28)18-26(19-33(37)47-32-22-43-34-30(32)16-17-42-34)31(36)21-35(20-24(3)4)49(39,40)29-14-12-27(41-5)13-15-29/h8-15,24,26,30-32,34,36H,6-7,16-23H2,1-5H3/t26?,30-,31+,32?,34+/m0/s1. The van der Waals surface area contributed by atoms with Crippen LogP contribution in [0.25, 0.3) is 0 Å². The Bertz CT molecular complexity index is 1480. The lowest BCUT2D eigenvalue weighted by atomic mass is 9.90. The number of aliphatic hydroxyl groups excluding tert-OH is 1. The smallest absolute Gasteiger partial charge is 0.367 e. The highest BCUT2D eigenvalue weighted by molar-refractivity contribution is 7.89. The first-order chi connectivity index (χ1) is 23.4. The van der Waals surface area contributed by atoms with Crippen molar-refractivity contribution in [2.45, 2.75) is 70.4 Å². The lowest BCUT2D eigenvalue weighted by molar-refractivity contribution is -0.153. The van der Waals surface area contributed by atoms with Gasteiger partial charge in [0.05, 0.1) is 56.9 Å². The molecule has 1 N–H and O–H groups in total. The molecule has 2 heterocycles. The summed E-state index contributed by atoms with van der Waals surface area (Å²) in [4.78, 5) is 13.4. The first kappa shape index (κ1) is 39.2. The molecule has 0 aromatic heterocycles. The molecule has 2 fully saturated rings. The zero-order valence-corrected chi connectivity index (χ0v) is 30.6. The number of hydrogen-bond acceptors (Lipinski definition) is 12. The molecular weight excluding hydrogens is 677 g/mol. The summed E-state index contributed by atoms with van der Waals surface area (Å²) >= 11 is 0. The number of benzene rings is 2. The summed E-state index contributed by atoms with van der Waals surface area (Å²) in [6.45, 7) is 8.35. The summed E-state index contributed by atoms with van der Waals surface area (Å²) in [5, 5.41) is 11.7. The van der Waals surface area contributed by atoms with Crippen LogP contribution in [0.15, 0.2) is 53.4 Å². The minimum atomic E-state index is -4.00. The van der Waals surface area contributed by atoms with Gasteiger partial charge in [-0.2, -0.15) is 4.31 Å². The second-order valence-corrected chi connectivity index (χ2v) is 16.5. The Morgan fingerprint density at radius 3 is 2.27 bits per heavy atom. The van der Waals surface area contributed by atoms with Crippen molar-refractivity contribution in [1.82, 2.24) is 4.31 Å². The maximum absolute atomic E-state index is 13.8. The fourth-order valence-electron chi connectivity index (χ4n) is 5.94. The van der Waals surface area contributed by atoms with E-state index in [1.807, 2.05) is 13.8 Å². The number of hydrogen-bond donors (Lipinski definition) is 1. The van der Waals surface area contributed by atoms with Crippen LogP contribution in [0.1, 0.15) is 46.1 Å². The number of aliphatic hydroxyl groups is 1. The Labute approximate surface area is 289 Å². The van der Waals surface area contributed by atoms with E-state index in [0.717, 1.165) is 12.0 Å². The van der Waals surface area contributed by atoms with Crippen LogP contribution >= 0.6 is 7.60 Å². The zero-order valence-electron chi connectivity index (χ0n) is 28.9. The molecular formula is C34H50NO12PS. The van der Waals surface area contributed by atoms with Gasteiger partial charge in [-0.05, 0) is 74.6 Å². The SMILES string of the molecule is CCOP(=O)(COc1ccc(CC(CC(=O)OC2CO[C@H]3OCC[C@@H]23)[C@H](O)CN(CC(C)C)S(=O)(=O)c2ccc(OC)cc2)cc1)OCC. The van der Waals surface area contributed by atoms with Gasteiger partial charge in [-0.3, -0.25) is 9.36 Å². The van der Waals surface area contributed by atoms with Crippen molar-refractivity contribution in [2.75, 3.05) is 53.0 Å². The van der Waals surface area contributed by atoms with Crippen LogP contribution in [0.4, 0.5) is 0 Å². The van der Waals surface area contributed by atoms with Gasteiger partial charge in [0.15, 0.2) is 12.6 Å². The summed E-state index contributed by atoms with van der Waals surface area (Å²) in [5.41, 5.74) is 0.767. The van der Waals surface area contributed by atoms with Gasteiger partial charge < -0.3 is 37.8 Å². The van der Waals surface area contributed by atoms with E-state index in [1.165, 1.54) is 23.5 Å². The van der Waals surface area contributed by atoms with Crippen LogP contribution in [0.5, 0.6) is 11.5 Å². The molecule has 49 heavy (non-hydrogen) atoms. The van der Waals surface area contributed by atoms with Gasteiger partial charge in [0.1, 0.15) is 17.6 Å². The number of methoxy groups -OCH3 is 1. The quantitative estimate of drug-likeness (QED) is 0.146. The van der Waals surface area contributed by atoms with Crippen LogP contribution in [0.3, 0.4) is 0 Å². The second-order valence-electron chi connectivity index (χ2n) is 12.5. The number of esters is 1. The number of carbonyl (C=O) groups is 1. The Morgan fingerprint density at radius 1 is 1.00 bits per heavy atom. The van der Waals surface area contributed by atoms with Gasteiger partial charge in [0.25, 0.3) is 0 Å². The minimum absolute atomic E-state index is 0.0408. The largest absolute Gasteiger partial charge is 0.497 e. The van der Waals surface area contributed by atoms with E-state index in [0.29, 0.717) is 18.1 Å². The molecule has 0 bridgehead atoms. The van der Waals surface area contributed by atoms with E-state index in [-0.39, 0.29) is 75.1 Å². The number of ether oxygens (including phenoxy) is 5. The molecule has 2 aromatic carbocycles. The normalized spacial score (nSPS) is 20.7. The summed E-state index contributed by atoms with van der Waals surface area (Å²) in [7, 11) is -5.92. The summed E-state index contributed by atoms with van der Waals surface area (Å²) in [6, 6.07) is 13.0. The van der Waals surface area contributed by atoms with Crippen LogP contribution in [0, 0.1) is 17.8 Å². The van der Waals surface area contributed by atoms with E-state index in [2.05, 4.69) is 0 Å². The minimum Gasteiger partial charge on any atom is -0.497 e. The second kappa shape index (κ2) is 18.1. The van der Waals surface area contributed by atoms with E-state index >= 15 is 0 Å². The molecule has 2 unspecified atom stereocenters. The monoisotopic (exact) mass is 727 g/mol. The summed E-state index contributed by atoms with van der Waals surface area (Å²) < 4.78 is 80.1. The molecule has 274 valence electrons. The van der Waals surface area contributed by atoms with Crippen LogP contribution in [0.2, 0.25) is 0 Å². The third-order valence-corrected chi connectivity index (χ3v) is 12.0. The third-order valence-electron chi connectivity index (χ3n) is 8.36. The molecule has 0 amide bonds. The molecule has 0 aliphatic carbocycles. The van der Waals surface area contributed by atoms with Crippen LogP contribution < -0.4 is 9.47 Å². The Kier molecular flexibility index (Phi) is 14.5. The van der Waals surface area contributed by atoms with Gasteiger partial charge >= 0.3 is 13.6 Å². The van der Waals surface area contributed by atoms with Crippen molar-refractivity contribution in [1.29, 1.82) is 0 Å². The molecule has 13 nitrogen and oxygen atoms in total. The van der Waals surface area contributed by atoms with Crippen molar-refractivity contribution < 1.29 is 55.6 Å². The van der Waals surface area contributed by atoms with Crippen molar-refractivity contribution >= 4 is 23.6 Å². The molecule has 2 saturated heterocycles. The number of nitrogens with zero attached hydrogens (tertiary/aromatic N) is 1. The van der Waals surface area contributed by atoms with Crippen LogP contribution in [-0.4, -0.2) is 95.3 Å². The van der Waals surface area contributed by atoms with Crippen molar-refractivity contribution in [3.63, 3.8) is 0 Å².